The van der Waals surface area contributed by atoms with Crippen LogP contribution in [0.1, 0.15) is 13.8 Å². The van der Waals surface area contributed by atoms with Gasteiger partial charge < -0.3 is 0 Å². The van der Waals surface area contributed by atoms with Crippen LogP contribution in [0.5, 0.6) is 0 Å². The van der Waals surface area contributed by atoms with E-state index in [1.165, 1.54) is 13.8 Å². The van der Waals surface area contributed by atoms with Crippen molar-refractivity contribution >= 4 is 9.84 Å². The van der Waals surface area contributed by atoms with Gasteiger partial charge in [0.05, 0.1) is 0 Å². The van der Waals surface area contributed by atoms with E-state index in [0.29, 0.717) is 6.26 Å². The Morgan fingerprint density at radius 2 is 1.60 bits per heavy atom. The Kier molecular flexibility index (Phi) is 2.40. The molecule has 0 rings (SSSR count). The van der Waals surface area contributed by atoms with E-state index in [-0.39, 0.29) is 0 Å². The molecule has 0 atom stereocenters. The molecule has 0 fully saturated rings. The van der Waals surface area contributed by atoms with Crippen LogP contribution in [-0.4, -0.2) is 19.9 Å². The normalized spacial score (nSPS) is 14.2. The van der Waals surface area contributed by atoms with Gasteiger partial charge in [0.1, 0.15) is 0 Å². The first kappa shape index (κ1) is 9.81. The predicted molar refractivity (Wildman–Crippen MR) is 34.6 cm³/mol. The van der Waals surface area contributed by atoms with Gasteiger partial charge in [-0.15, -0.1) is 0 Å². The number of sulfone groups is 1. The minimum atomic E-state index is -4.23. The Hall–Kier alpha value is -0.190. The quantitative estimate of drug-likeness (QED) is 0.628. The molecule has 0 amide bonds. The van der Waals surface area contributed by atoms with Gasteiger partial charge in [0.15, 0.2) is 0 Å². The Morgan fingerprint density at radius 1 is 1.30 bits per heavy atom. The van der Waals surface area contributed by atoms with Crippen molar-refractivity contribution in [2.45, 2.75) is 19.1 Å². The van der Waals surface area contributed by atoms with Crippen molar-refractivity contribution in [2.75, 3.05) is 6.26 Å². The summed E-state index contributed by atoms with van der Waals surface area (Å²) in [5.41, 5.74) is 0. The zero-order valence-corrected chi connectivity index (χ0v) is 6.87. The standard InChI is InChI=1S/C5H10F2O2S/c1-4(2)5(6,7)10(3,8)9/h4H,1-3H3. The third kappa shape index (κ3) is 1.65. The molecule has 0 saturated heterocycles. The van der Waals surface area contributed by atoms with Crippen molar-refractivity contribution in [2.24, 2.45) is 5.92 Å². The maximum Gasteiger partial charge on any atom is 0.347 e. The lowest BCUT2D eigenvalue weighted by Crippen LogP contribution is -2.33. The maximum atomic E-state index is 12.5. The predicted octanol–water partition coefficient (Wildman–Crippen LogP) is 1.28. The smallest absolute Gasteiger partial charge is 0.223 e. The third-order valence-corrected chi connectivity index (χ3v) is 2.63. The second-order valence-corrected chi connectivity index (χ2v) is 4.58. The van der Waals surface area contributed by atoms with Crippen molar-refractivity contribution in [3.63, 3.8) is 0 Å². The lowest BCUT2D eigenvalue weighted by atomic mass is 10.2. The average Bonchev–Trinajstić information content (AvgIpc) is 1.62. The monoisotopic (exact) mass is 172 g/mol. The molecule has 0 aromatic rings. The fourth-order valence-corrected chi connectivity index (χ4v) is 1.28. The van der Waals surface area contributed by atoms with E-state index in [9.17, 15) is 17.2 Å². The third-order valence-electron chi connectivity index (χ3n) is 1.17. The van der Waals surface area contributed by atoms with Crippen LogP contribution >= 0.6 is 0 Å². The Labute approximate surface area is 59.2 Å². The maximum absolute atomic E-state index is 12.5. The van der Waals surface area contributed by atoms with Gasteiger partial charge in [-0.05, 0) is 0 Å². The minimum Gasteiger partial charge on any atom is -0.223 e. The van der Waals surface area contributed by atoms with Crippen LogP contribution in [-0.2, 0) is 9.84 Å². The highest BCUT2D eigenvalue weighted by Crippen LogP contribution is 2.29. The number of hydrogen-bond acceptors (Lipinski definition) is 2. The van der Waals surface area contributed by atoms with Gasteiger partial charge in [0.25, 0.3) is 0 Å². The molecule has 0 saturated carbocycles. The Bertz CT molecular complexity index is 206. The van der Waals surface area contributed by atoms with E-state index in [1.807, 2.05) is 0 Å². The fourth-order valence-electron chi connectivity index (χ4n) is 0.428. The molecule has 0 aromatic carbocycles. The second-order valence-electron chi connectivity index (χ2n) is 2.49. The van der Waals surface area contributed by atoms with E-state index < -0.39 is 21.0 Å². The summed E-state index contributed by atoms with van der Waals surface area (Å²) >= 11 is 0. The molecule has 0 N–H and O–H groups in total. The van der Waals surface area contributed by atoms with Crippen molar-refractivity contribution < 1.29 is 17.2 Å². The summed E-state index contributed by atoms with van der Waals surface area (Å²) in [7, 11) is -4.23. The summed E-state index contributed by atoms with van der Waals surface area (Å²) in [5, 5.41) is -3.59. The number of halogens is 2. The molecular weight excluding hydrogens is 162 g/mol. The van der Waals surface area contributed by atoms with Gasteiger partial charge in [-0.25, -0.2) is 8.42 Å². The summed E-state index contributed by atoms with van der Waals surface area (Å²) < 4.78 is 45.6. The number of hydrogen-bond donors (Lipinski definition) is 0. The van der Waals surface area contributed by atoms with Gasteiger partial charge in [-0.1, -0.05) is 13.8 Å². The van der Waals surface area contributed by atoms with Gasteiger partial charge >= 0.3 is 5.25 Å². The highest BCUT2D eigenvalue weighted by molar-refractivity contribution is 7.91. The van der Waals surface area contributed by atoms with Gasteiger partial charge in [-0.3, -0.25) is 0 Å². The fraction of sp³-hybridized carbons (Fsp3) is 1.00. The zero-order chi connectivity index (χ0) is 8.58. The van der Waals surface area contributed by atoms with Gasteiger partial charge in [0.2, 0.25) is 9.84 Å². The summed E-state index contributed by atoms with van der Waals surface area (Å²) in [6.07, 6.45) is 0.535. The molecule has 0 aromatic heterocycles. The van der Waals surface area contributed by atoms with Crippen LogP contribution in [0.15, 0.2) is 0 Å². The summed E-state index contributed by atoms with van der Waals surface area (Å²) in [4.78, 5) is 0. The van der Waals surface area contributed by atoms with Crippen LogP contribution in [0.3, 0.4) is 0 Å². The van der Waals surface area contributed by atoms with E-state index in [4.69, 9.17) is 0 Å². The van der Waals surface area contributed by atoms with Crippen LogP contribution in [0.4, 0.5) is 8.78 Å². The van der Waals surface area contributed by atoms with Crippen LogP contribution in [0, 0.1) is 5.92 Å². The van der Waals surface area contributed by atoms with E-state index in [2.05, 4.69) is 0 Å². The molecule has 0 aliphatic carbocycles. The summed E-state index contributed by atoms with van der Waals surface area (Å²) in [6.45, 7) is 2.34. The Morgan fingerprint density at radius 3 is 1.60 bits per heavy atom. The second kappa shape index (κ2) is 2.45. The largest absolute Gasteiger partial charge is 0.347 e. The number of alkyl halides is 2. The molecule has 0 aliphatic rings. The van der Waals surface area contributed by atoms with Gasteiger partial charge in [0, 0.05) is 12.2 Å². The lowest BCUT2D eigenvalue weighted by molar-refractivity contribution is 0.0431. The first-order chi connectivity index (χ1) is 4.19. The SMILES string of the molecule is CC(C)C(F)(F)S(C)(=O)=O. The summed E-state index contributed by atoms with van der Waals surface area (Å²) in [5.74, 6) is -1.16. The molecule has 10 heavy (non-hydrogen) atoms. The average molecular weight is 172 g/mol. The molecule has 0 spiro atoms. The topological polar surface area (TPSA) is 34.1 Å². The first-order valence-electron chi connectivity index (χ1n) is 2.77. The van der Waals surface area contributed by atoms with E-state index in [0.717, 1.165) is 0 Å². The van der Waals surface area contributed by atoms with Crippen LogP contribution in [0.25, 0.3) is 0 Å². The lowest BCUT2D eigenvalue weighted by Gasteiger charge is -2.17. The van der Waals surface area contributed by atoms with Crippen molar-refractivity contribution in [1.82, 2.24) is 0 Å². The van der Waals surface area contributed by atoms with Crippen LogP contribution < -0.4 is 0 Å². The highest BCUT2D eigenvalue weighted by Gasteiger charge is 2.44. The molecule has 5 heteroatoms. The summed E-state index contributed by atoms with van der Waals surface area (Å²) in [6, 6.07) is 0. The van der Waals surface area contributed by atoms with Gasteiger partial charge in [-0.2, -0.15) is 8.78 Å². The van der Waals surface area contributed by atoms with E-state index >= 15 is 0 Å². The first-order valence-corrected chi connectivity index (χ1v) is 4.66. The van der Waals surface area contributed by atoms with Crippen molar-refractivity contribution in [1.29, 1.82) is 0 Å². The van der Waals surface area contributed by atoms with E-state index in [1.54, 1.807) is 0 Å². The molecule has 62 valence electrons. The zero-order valence-electron chi connectivity index (χ0n) is 6.06. The molecule has 0 radical (unpaired) electrons. The molecule has 0 bridgehead atoms. The Balaban J connectivity index is 4.76. The molecule has 2 nitrogen and oxygen atoms in total. The van der Waals surface area contributed by atoms with Crippen molar-refractivity contribution in [3.8, 4) is 0 Å². The molecule has 0 heterocycles. The number of rotatable bonds is 2. The highest BCUT2D eigenvalue weighted by atomic mass is 32.2. The minimum absolute atomic E-state index is 0.535. The molecular formula is C5H10F2O2S. The molecule has 0 aliphatic heterocycles. The van der Waals surface area contributed by atoms with Crippen molar-refractivity contribution in [3.05, 3.63) is 0 Å². The van der Waals surface area contributed by atoms with Crippen LogP contribution in [0.2, 0.25) is 0 Å². The molecule has 0 unspecified atom stereocenters.